The molecule has 0 aliphatic carbocycles. The number of hydrogen-bond acceptors (Lipinski definition) is 5. The highest BCUT2D eigenvalue weighted by Gasteiger charge is 1.96. The van der Waals surface area contributed by atoms with Crippen molar-refractivity contribution in [2.45, 2.75) is 6.42 Å². The molecule has 0 amide bonds. The minimum atomic E-state index is -0.0572. The van der Waals surface area contributed by atoms with Gasteiger partial charge in [0.05, 0.1) is 25.7 Å². The average molecular weight is 189 g/mol. The molecule has 4 nitrogen and oxygen atoms in total. The molecule has 0 aromatic rings. The summed E-state index contributed by atoms with van der Waals surface area (Å²) in [5.41, 5.74) is 0. The highest BCUT2D eigenvalue weighted by Crippen LogP contribution is 1.86. The van der Waals surface area contributed by atoms with E-state index in [0.29, 0.717) is 18.1 Å². The lowest BCUT2D eigenvalue weighted by Gasteiger charge is -2.04. The maximum atomic E-state index is 8.36. The highest BCUT2D eigenvalue weighted by atomic mass is 32.1. The fraction of sp³-hybridized carbons (Fsp3) is 0.714. The zero-order valence-corrected chi connectivity index (χ0v) is 7.47. The summed E-state index contributed by atoms with van der Waals surface area (Å²) in [4.78, 5) is 0. The Labute approximate surface area is 76.7 Å². The number of hydrogen-bond donors (Lipinski definition) is 1. The quantitative estimate of drug-likeness (QED) is 0.479. The highest BCUT2D eigenvalue weighted by molar-refractivity contribution is 7.80. The summed E-state index contributed by atoms with van der Waals surface area (Å²) < 4.78 is 9.81. The van der Waals surface area contributed by atoms with E-state index >= 15 is 0 Å². The third-order valence-corrected chi connectivity index (χ3v) is 1.17. The van der Waals surface area contributed by atoms with Gasteiger partial charge in [0.25, 0.3) is 0 Å². The van der Waals surface area contributed by atoms with Crippen molar-refractivity contribution in [3.8, 4) is 6.07 Å². The van der Waals surface area contributed by atoms with Crippen LogP contribution in [0.3, 0.4) is 0 Å². The van der Waals surface area contributed by atoms with Crippen molar-refractivity contribution in [3.05, 3.63) is 0 Å². The van der Waals surface area contributed by atoms with Gasteiger partial charge in [-0.15, -0.1) is 0 Å². The Morgan fingerprint density at radius 1 is 1.50 bits per heavy atom. The first-order valence-electron chi connectivity index (χ1n) is 3.52. The van der Waals surface area contributed by atoms with E-state index in [0.717, 1.165) is 0 Å². The van der Waals surface area contributed by atoms with Gasteiger partial charge in [0, 0.05) is 0 Å². The molecule has 0 saturated heterocycles. The summed E-state index contributed by atoms with van der Waals surface area (Å²) >= 11 is 4.73. The molecular formula is C7H11NO3S. The van der Waals surface area contributed by atoms with Crippen molar-refractivity contribution in [1.29, 1.82) is 5.26 Å². The SMILES string of the molecule is N#CCCOCC(=S)OCCO. The predicted molar refractivity (Wildman–Crippen MR) is 46.7 cm³/mol. The number of aliphatic hydroxyl groups excluding tert-OH is 1. The Hall–Kier alpha value is -0.700. The molecule has 0 unspecified atom stereocenters. The summed E-state index contributed by atoms with van der Waals surface area (Å²) in [6.45, 7) is 0.703. The molecule has 0 saturated carbocycles. The summed E-state index contributed by atoms with van der Waals surface area (Å²) in [7, 11) is 0. The molecular weight excluding hydrogens is 178 g/mol. The van der Waals surface area contributed by atoms with Crippen molar-refractivity contribution < 1.29 is 14.6 Å². The number of nitriles is 1. The molecule has 0 aliphatic rings. The van der Waals surface area contributed by atoms with E-state index in [1.807, 2.05) is 6.07 Å². The normalized spacial score (nSPS) is 9.00. The molecule has 1 N–H and O–H groups in total. The summed E-state index contributed by atoms with van der Waals surface area (Å²) in [5.74, 6) is 0. The maximum absolute atomic E-state index is 8.36. The van der Waals surface area contributed by atoms with Crippen LogP contribution in [-0.4, -0.2) is 36.6 Å². The van der Waals surface area contributed by atoms with Crippen LogP contribution in [-0.2, 0) is 9.47 Å². The Morgan fingerprint density at radius 2 is 2.25 bits per heavy atom. The van der Waals surface area contributed by atoms with Gasteiger partial charge in [0.15, 0.2) is 5.05 Å². The molecule has 0 radical (unpaired) electrons. The summed E-state index contributed by atoms with van der Waals surface area (Å²) in [6.07, 6.45) is 0.350. The van der Waals surface area contributed by atoms with Gasteiger partial charge in [0.1, 0.15) is 13.2 Å². The molecule has 12 heavy (non-hydrogen) atoms. The van der Waals surface area contributed by atoms with Crippen LogP contribution in [0.25, 0.3) is 0 Å². The van der Waals surface area contributed by atoms with Gasteiger partial charge in [-0.25, -0.2) is 0 Å². The Balaban J connectivity index is 3.15. The lowest BCUT2D eigenvalue weighted by molar-refractivity contribution is 0.144. The van der Waals surface area contributed by atoms with Crippen molar-refractivity contribution >= 4 is 17.3 Å². The molecule has 0 fully saturated rings. The second-order valence-electron chi connectivity index (χ2n) is 1.90. The zero-order valence-electron chi connectivity index (χ0n) is 6.65. The van der Waals surface area contributed by atoms with E-state index in [-0.39, 0.29) is 19.8 Å². The smallest absolute Gasteiger partial charge is 0.185 e. The van der Waals surface area contributed by atoms with Gasteiger partial charge in [0.2, 0.25) is 0 Å². The van der Waals surface area contributed by atoms with Crippen LogP contribution < -0.4 is 0 Å². The third kappa shape index (κ3) is 7.41. The van der Waals surface area contributed by atoms with E-state index < -0.39 is 0 Å². The van der Waals surface area contributed by atoms with Gasteiger partial charge < -0.3 is 14.6 Å². The minimum absolute atomic E-state index is 0.0572. The van der Waals surface area contributed by atoms with Crippen LogP contribution in [0.15, 0.2) is 0 Å². The summed E-state index contributed by atoms with van der Waals surface area (Å²) in [6, 6.07) is 1.94. The fourth-order valence-corrected chi connectivity index (χ4v) is 0.641. The van der Waals surface area contributed by atoms with Crippen LogP contribution in [0.5, 0.6) is 0 Å². The second-order valence-corrected chi connectivity index (χ2v) is 2.36. The van der Waals surface area contributed by atoms with E-state index in [4.69, 9.17) is 32.1 Å². The van der Waals surface area contributed by atoms with Crippen LogP contribution in [0.1, 0.15) is 6.42 Å². The standard InChI is InChI=1S/C7H11NO3S/c8-2-1-4-10-6-7(12)11-5-3-9/h9H,1,3-6H2. The van der Waals surface area contributed by atoms with Gasteiger partial charge >= 0.3 is 0 Å². The monoisotopic (exact) mass is 189 g/mol. The van der Waals surface area contributed by atoms with Gasteiger partial charge in [-0.2, -0.15) is 5.26 Å². The van der Waals surface area contributed by atoms with Crippen molar-refractivity contribution in [2.24, 2.45) is 0 Å². The number of thiocarbonyl (C=S) groups is 1. The van der Waals surface area contributed by atoms with Crippen LogP contribution in [0, 0.1) is 11.3 Å². The lowest BCUT2D eigenvalue weighted by atomic mass is 10.5. The molecule has 0 rings (SSSR count). The topological polar surface area (TPSA) is 62.5 Å². The lowest BCUT2D eigenvalue weighted by Crippen LogP contribution is -2.13. The number of aliphatic hydroxyl groups is 1. The van der Waals surface area contributed by atoms with Crippen LogP contribution >= 0.6 is 12.2 Å². The minimum Gasteiger partial charge on any atom is -0.482 e. The van der Waals surface area contributed by atoms with Gasteiger partial charge in [-0.1, -0.05) is 0 Å². The molecule has 0 aliphatic heterocycles. The maximum Gasteiger partial charge on any atom is 0.185 e. The van der Waals surface area contributed by atoms with Crippen LogP contribution in [0.2, 0.25) is 0 Å². The van der Waals surface area contributed by atoms with E-state index in [1.54, 1.807) is 0 Å². The van der Waals surface area contributed by atoms with Crippen molar-refractivity contribution in [2.75, 3.05) is 26.4 Å². The molecule has 0 spiro atoms. The summed E-state index contributed by atoms with van der Waals surface area (Å²) in [5, 5.41) is 16.8. The molecule has 0 atom stereocenters. The van der Waals surface area contributed by atoms with Gasteiger partial charge in [-0.05, 0) is 12.2 Å². The number of rotatable bonds is 6. The number of ether oxygens (including phenoxy) is 2. The largest absolute Gasteiger partial charge is 0.482 e. The van der Waals surface area contributed by atoms with E-state index in [1.165, 1.54) is 0 Å². The Morgan fingerprint density at radius 3 is 2.83 bits per heavy atom. The van der Waals surface area contributed by atoms with E-state index in [2.05, 4.69) is 0 Å². The number of nitrogens with zero attached hydrogens (tertiary/aromatic N) is 1. The molecule has 0 heterocycles. The van der Waals surface area contributed by atoms with E-state index in [9.17, 15) is 0 Å². The first kappa shape index (κ1) is 11.3. The first-order chi connectivity index (χ1) is 5.81. The average Bonchev–Trinajstić information content (AvgIpc) is 2.09. The van der Waals surface area contributed by atoms with Crippen molar-refractivity contribution in [3.63, 3.8) is 0 Å². The fourth-order valence-electron chi connectivity index (χ4n) is 0.474. The molecule has 0 aromatic carbocycles. The molecule has 0 bridgehead atoms. The second kappa shape index (κ2) is 8.40. The van der Waals surface area contributed by atoms with Crippen molar-refractivity contribution in [1.82, 2.24) is 0 Å². The molecule has 5 heteroatoms. The Bertz CT molecular complexity index is 167. The Kier molecular flexibility index (Phi) is 7.91. The first-order valence-corrected chi connectivity index (χ1v) is 3.93. The zero-order chi connectivity index (χ0) is 9.23. The third-order valence-electron chi connectivity index (χ3n) is 0.932. The molecule has 0 aromatic heterocycles. The predicted octanol–water partition coefficient (Wildman–Crippen LogP) is 0.253. The van der Waals surface area contributed by atoms with Crippen LogP contribution in [0.4, 0.5) is 0 Å². The molecule has 68 valence electrons. The van der Waals surface area contributed by atoms with Gasteiger partial charge in [-0.3, -0.25) is 0 Å².